The minimum absolute atomic E-state index is 0.397. The average molecular weight is 232 g/mol. The minimum atomic E-state index is 0.397. The molecule has 0 unspecified atom stereocenters. The first-order valence-corrected chi connectivity index (χ1v) is 6.54. The second kappa shape index (κ2) is 4.57. The van der Waals surface area contributed by atoms with Crippen molar-refractivity contribution in [2.45, 2.75) is 25.4 Å². The summed E-state index contributed by atoms with van der Waals surface area (Å²) in [6.07, 6.45) is 3.79. The highest BCUT2D eigenvalue weighted by atomic mass is 16.5. The Hall–Kier alpha value is -1.22. The van der Waals surface area contributed by atoms with E-state index >= 15 is 0 Å². The van der Waals surface area contributed by atoms with Crippen LogP contribution in [0.2, 0.25) is 0 Å². The number of hydrogen-bond acceptors (Lipinski definition) is 3. The zero-order valence-electron chi connectivity index (χ0n) is 10.4. The van der Waals surface area contributed by atoms with E-state index in [1.807, 2.05) is 0 Å². The summed E-state index contributed by atoms with van der Waals surface area (Å²) >= 11 is 0. The van der Waals surface area contributed by atoms with Crippen LogP contribution in [0.3, 0.4) is 0 Å². The maximum atomic E-state index is 6.06. The van der Waals surface area contributed by atoms with Crippen molar-refractivity contribution in [1.29, 1.82) is 0 Å². The number of anilines is 1. The summed E-state index contributed by atoms with van der Waals surface area (Å²) in [5, 5.41) is 3.36. The van der Waals surface area contributed by atoms with Gasteiger partial charge in [-0.25, -0.2) is 0 Å². The summed E-state index contributed by atoms with van der Waals surface area (Å²) in [6.45, 7) is 3.29. The number of piperidine rings is 1. The van der Waals surface area contributed by atoms with Crippen LogP contribution in [0.5, 0.6) is 5.75 Å². The highest BCUT2D eigenvalue weighted by molar-refractivity contribution is 5.59. The van der Waals surface area contributed by atoms with Crippen LogP contribution in [0.25, 0.3) is 0 Å². The molecule has 0 saturated carbocycles. The van der Waals surface area contributed by atoms with Gasteiger partial charge in [-0.3, -0.25) is 0 Å². The van der Waals surface area contributed by atoms with Gasteiger partial charge in [-0.2, -0.15) is 0 Å². The zero-order chi connectivity index (χ0) is 11.7. The SMILES string of the molecule is CN1CCc2cc(OC3CCNCC3)ccc21. The third-order valence-electron chi connectivity index (χ3n) is 3.77. The highest BCUT2D eigenvalue weighted by Gasteiger charge is 2.18. The molecule has 2 aliphatic heterocycles. The molecule has 1 fully saturated rings. The van der Waals surface area contributed by atoms with Gasteiger partial charge >= 0.3 is 0 Å². The zero-order valence-corrected chi connectivity index (χ0v) is 10.4. The molecule has 1 N–H and O–H groups in total. The van der Waals surface area contributed by atoms with E-state index in [9.17, 15) is 0 Å². The van der Waals surface area contributed by atoms with Crippen molar-refractivity contribution in [3.63, 3.8) is 0 Å². The quantitative estimate of drug-likeness (QED) is 0.841. The number of likely N-dealkylation sites (N-methyl/N-ethyl adjacent to an activating group) is 1. The van der Waals surface area contributed by atoms with E-state index in [1.165, 1.54) is 11.3 Å². The molecule has 1 saturated heterocycles. The van der Waals surface area contributed by atoms with Gasteiger partial charge in [0.05, 0.1) is 0 Å². The van der Waals surface area contributed by atoms with E-state index in [0.717, 1.165) is 44.6 Å². The molecule has 1 aromatic carbocycles. The molecule has 0 aliphatic carbocycles. The lowest BCUT2D eigenvalue weighted by Crippen LogP contribution is -2.34. The summed E-state index contributed by atoms with van der Waals surface area (Å²) in [5.74, 6) is 1.05. The van der Waals surface area contributed by atoms with Gasteiger partial charge in [-0.1, -0.05) is 0 Å². The van der Waals surface area contributed by atoms with E-state index in [1.54, 1.807) is 0 Å². The first-order valence-electron chi connectivity index (χ1n) is 6.54. The van der Waals surface area contributed by atoms with Gasteiger partial charge in [-0.15, -0.1) is 0 Å². The molecular weight excluding hydrogens is 212 g/mol. The van der Waals surface area contributed by atoms with Crippen LogP contribution in [-0.4, -0.2) is 32.8 Å². The molecule has 2 aliphatic rings. The first-order chi connectivity index (χ1) is 8.33. The summed E-state index contributed by atoms with van der Waals surface area (Å²) in [7, 11) is 2.15. The Morgan fingerprint density at radius 3 is 2.94 bits per heavy atom. The van der Waals surface area contributed by atoms with Crippen molar-refractivity contribution in [2.75, 3.05) is 31.6 Å². The van der Waals surface area contributed by atoms with Crippen molar-refractivity contribution in [2.24, 2.45) is 0 Å². The topological polar surface area (TPSA) is 24.5 Å². The molecule has 2 heterocycles. The van der Waals surface area contributed by atoms with Crippen molar-refractivity contribution in [3.8, 4) is 5.75 Å². The Morgan fingerprint density at radius 2 is 2.12 bits per heavy atom. The second-order valence-corrected chi connectivity index (χ2v) is 5.03. The molecule has 92 valence electrons. The normalized spacial score (nSPS) is 20.4. The summed E-state index contributed by atoms with van der Waals surface area (Å²) < 4.78 is 6.06. The third kappa shape index (κ3) is 2.25. The molecule has 0 radical (unpaired) electrons. The van der Waals surface area contributed by atoms with Crippen LogP contribution in [-0.2, 0) is 6.42 Å². The van der Waals surface area contributed by atoms with Crippen molar-refractivity contribution >= 4 is 5.69 Å². The van der Waals surface area contributed by atoms with Gasteiger partial charge in [-0.05, 0) is 56.1 Å². The lowest BCUT2D eigenvalue weighted by atomic mass is 10.1. The van der Waals surface area contributed by atoms with Crippen LogP contribution >= 0.6 is 0 Å². The van der Waals surface area contributed by atoms with Gasteiger partial charge in [0, 0.05) is 19.3 Å². The Balaban J connectivity index is 1.71. The molecule has 1 aromatic rings. The van der Waals surface area contributed by atoms with Gasteiger partial charge in [0.2, 0.25) is 0 Å². The number of rotatable bonds is 2. The molecule has 17 heavy (non-hydrogen) atoms. The Bertz CT molecular complexity index is 399. The highest BCUT2D eigenvalue weighted by Crippen LogP contribution is 2.30. The van der Waals surface area contributed by atoms with Crippen LogP contribution in [0.15, 0.2) is 18.2 Å². The van der Waals surface area contributed by atoms with E-state index in [4.69, 9.17) is 4.74 Å². The van der Waals surface area contributed by atoms with Crippen molar-refractivity contribution in [1.82, 2.24) is 5.32 Å². The van der Waals surface area contributed by atoms with Crippen LogP contribution in [0.4, 0.5) is 5.69 Å². The molecular formula is C14H20N2O. The lowest BCUT2D eigenvalue weighted by molar-refractivity contribution is 0.162. The van der Waals surface area contributed by atoms with Crippen molar-refractivity contribution in [3.05, 3.63) is 23.8 Å². The fourth-order valence-electron chi connectivity index (χ4n) is 2.72. The fourth-order valence-corrected chi connectivity index (χ4v) is 2.72. The lowest BCUT2D eigenvalue weighted by Gasteiger charge is -2.24. The molecule has 0 spiro atoms. The number of benzene rings is 1. The van der Waals surface area contributed by atoms with Gasteiger partial charge in [0.15, 0.2) is 0 Å². The maximum absolute atomic E-state index is 6.06. The Morgan fingerprint density at radius 1 is 1.29 bits per heavy atom. The standard InChI is InChI=1S/C14H20N2O/c1-16-9-6-11-10-13(2-3-14(11)16)17-12-4-7-15-8-5-12/h2-3,10,12,15H,4-9H2,1H3. The van der Waals surface area contributed by atoms with Crippen LogP contribution in [0, 0.1) is 0 Å². The van der Waals surface area contributed by atoms with E-state index in [0.29, 0.717) is 6.10 Å². The number of hydrogen-bond donors (Lipinski definition) is 1. The number of ether oxygens (including phenoxy) is 1. The first kappa shape index (κ1) is 10.9. The summed E-state index contributed by atoms with van der Waals surface area (Å²) in [6, 6.07) is 6.53. The summed E-state index contributed by atoms with van der Waals surface area (Å²) in [4.78, 5) is 2.31. The van der Waals surface area contributed by atoms with Crippen molar-refractivity contribution < 1.29 is 4.74 Å². The number of nitrogens with one attached hydrogen (secondary N) is 1. The third-order valence-corrected chi connectivity index (χ3v) is 3.77. The van der Waals surface area contributed by atoms with Gasteiger partial charge < -0.3 is 15.0 Å². The molecule has 0 aromatic heterocycles. The fraction of sp³-hybridized carbons (Fsp3) is 0.571. The Kier molecular flexibility index (Phi) is 2.93. The predicted molar refractivity (Wildman–Crippen MR) is 69.9 cm³/mol. The molecule has 3 heteroatoms. The van der Waals surface area contributed by atoms with Gasteiger partial charge in [0.25, 0.3) is 0 Å². The largest absolute Gasteiger partial charge is 0.490 e. The van der Waals surface area contributed by atoms with Crippen LogP contribution in [0.1, 0.15) is 18.4 Å². The molecule has 3 nitrogen and oxygen atoms in total. The van der Waals surface area contributed by atoms with Gasteiger partial charge in [0.1, 0.15) is 11.9 Å². The van der Waals surface area contributed by atoms with Crippen LogP contribution < -0.4 is 15.0 Å². The monoisotopic (exact) mass is 232 g/mol. The molecule has 0 atom stereocenters. The maximum Gasteiger partial charge on any atom is 0.120 e. The molecule has 0 bridgehead atoms. The molecule has 0 amide bonds. The molecule has 3 rings (SSSR count). The smallest absolute Gasteiger partial charge is 0.120 e. The Labute approximate surface area is 103 Å². The number of fused-ring (bicyclic) bond motifs is 1. The number of nitrogens with zero attached hydrogens (tertiary/aromatic N) is 1. The average Bonchev–Trinajstić information content (AvgIpc) is 2.72. The summed E-state index contributed by atoms with van der Waals surface area (Å²) in [5.41, 5.74) is 2.79. The predicted octanol–water partition coefficient (Wildman–Crippen LogP) is 1.81. The minimum Gasteiger partial charge on any atom is -0.490 e. The van der Waals surface area contributed by atoms with E-state index in [-0.39, 0.29) is 0 Å². The van der Waals surface area contributed by atoms with E-state index < -0.39 is 0 Å². The van der Waals surface area contributed by atoms with E-state index in [2.05, 4.69) is 35.5 Å². The second-order valence-electron chi connectivity index (χ2n) is 5.03.